The second-order valence-electron chi connectivity index (χ2n) is 6.54. The van der Waals surface area contributed by atoms with Crippen molar-refractivity contribution in [3.05, 3.63) is 83.2 Å². The Morgan fingerprint density at radius 1 is 1.05 bits per heavy atom. The number of aryl methyl sites for hydroxylation is 1. The fourth-order valence-corrected chi connectivity index (χ4v) is 2.72. The molecule has 0 spiro atoms. The highest BCUT2D eigenvalue weighted by atomic mass is 19.1. The predicted molar refractivity (Wildman–Crippen MR) is 92.6 cm³/mol. The Morgan fingerprint density at radius 3 is 2.41 bits per heavy atom. The van der Waals surface area contributed by atoms with Crippen LogP contribution < -0.4 is 0 Å². The largest absolute Gasteiger partial charge is 0.207 e. The van der Waals surface area contributed by atoms with Gasteiger partial charge in [-0.15, -0.1) is 0 Å². The zero-order chi connectivity index (χ0) is 16.0. The van der Waals surface area contributed by atoms with Gasteiger partial charge in [0.2, 0.25) is 0 Å². The first-order valence-electron chi connectivity index (χ1n) is 7.93. The first kappa shape index (κ1) is 16.5. The van der Waals surface area contributed by atoms with E-state index in [0.29, 0.717) is 0 Å². The summed E-state index contributed by atoms with van der Waals surface area (Å²) in [7, 11) is 0. The third-order valence-electron chi connectivity index (χ3n) is 4.29. The molecule has 2 aromatic rings. The summed E-state index contributed by atoms with van der Waals surface area (Å²) in [4.78, 5) is 0. The fourth-order valence-electron chi connectivity index (χ4n) is 2.72. The van der Waals surface area contributed by atoms with Crippen LogP contribution in [0, 0.1) is 5.82 Å². The molecule has 0 amide bonds. The molecule has 0 N–H and O–H groups in total. The number of allylic oxidation sites excluding steroid dienone is 2. The smallest absolute Gasteiger partial charge is 0.123 e. The highest BCUT2D eigenvalue weighted by Crippen LogP contribution is 2.34. The van der Waals surface area contributed by atoms with Crippen LogP contribution in [0.2, 0.25) is 0 Å². The molecule has 1 unspecified atom stereocenters. The molecule has 2 rings (SSSR count). The molecule has 0 bridgehead atoms. The Bertz CT molecular complexity index is 623. The molecule has 0 heterocycles. The van der Waals surface area contributed by atoms with E-state index in [2.05, 4.69) is 51.1 Å². The molecule has 0 aromatic heterocycles. The van der Waals surface area contributed by atoms with E-state index < -0.39 is 0 Å². The maximum Gasteiger partial charge on any atom is 0.123 e. The van der Waals surface area contributed by atoms with Crippen LogP contribution in [0.1, 0.15) is 44.7 Å². The zero-order valence-electron chi connectivity index (χ0n) is 13.8. The molecule has 0 aliphatic carbocycles. The van der Waals surface area contributed by atoms with Crippen molar-refractivity contribution in [2.45, 2.75) is 45.4 Å². The summed E-state index contributed by atoms with van der Waals surface area (Å²) in [5, 5.41) is 0. The second-order valence-corrected chi connectivity index (χ2v) is 6.54. The Labute approximate surface area is 133 Å². The molecule has 0 fully saturated rings. The van der Waals surface area contributed by atoms with E-state index in [-0.39, 0.29) is 11.2 Å². The van der Waals surface area contributed by atoms with Gasteiger partial charge in [-0.25, -0.2) is 4.39 Å². The SMILES string of the molecule is CC(C)=CCC(C)(CCc1ccccc1)c1cccc(F)c1. The van der Waals surface area contributed by atoms with E-state index in [1.165, 1.54) is 17.2 Å². The molecular weight excluding hydrogens is 271 g/mol. The van der Waals surface area contributed by atoms with Crippen LogP contribution in [0.15, 0.2) is 66.2 Å². The molecule has 0 saturated carbocycles. The van der Waals surface area contributed by atoms with Gasteiger partial charge in [-0.3, -0.25) is 0 Å². The third-order valence-corrected chi connectivity index (χ3v) is 4.29. The van der Waals surface area contributed by atoms with Crippen LogP contribution >= 0.6 is 0 Å². The molecule has 0 aliphatic rings. The Morgan fingerprint density at radius 2 is 1.77 bits per heavy atom. The summed E-state index contributed by atoms with van der Waals surface area (Å²) in [6.07, 6.45) is 5.20. The van der Waals surface area contributed by atoms with E-state index in [9.17, 15) is 4.39 Å². The van der Waals surface area contributed by atoms with Gasteiger partial charge in [-0.05, 0) is 61.8 Å². The summed E-state index contributed by atoms with van der Waals surface area (Å²) >= 11 is 0. The zero-order valence-corrected chi connectivity index (χ0v) is 13.8. The summed E-state index contributed by atoms with van der Waals surface area (Å²) in [5.74, 6) is -0.152. The van der Waals surface area contributed by atoms with Crippen molar-refractivity contribution in [3.8, 4) is 0 Å². The van der Waals surface area contributed by atoms with E-state index in [1.54, 1.807) is 6.07 Å². The molecule has 1 atom stereocenters. The number of rotatable bonds is 6. The number of hydrogen-bond donors (Lipinski definition) is 0. The monoisotopic (exact) mass is 296 g/mol. The molecule has 0 nitrogen and oxygen atoms in total. The lowest BCUT2D eigenvalue weighted by Crippen LogP contribution is -2.22. The van der Waals surface area contributed by atoms with Gasteiger partial charge in [-0.1, -0.05) is 61.0 Å². The maximum absolute atomic E-state index is 13.6. The standard InChI is InChI=1S/C21H25F/c1-17(2)12-14-21(3,19-10-7-11-20(22)16-19)15-13-18-8-5-4-6-9-18/h4-12,16H,13-15H2,1-3H3. The summed E-state index contributed by atoms with van der Waals surface area (Å²) in [5.41, 5.74) is 3.68. The van der Waals surface area contributed by atoms with Gasteiger partial charge in [0, 0.05) is 0 Å². The number of halogens is 1. The summed E-state index contributed by atoms with van der Waals surface area (Å²) in [6, 6.07) is 17.6. The lowest BCUT2D eigenvalue weighted by atomic mass is 9.75. The minimum Gasteiger partial charge on any atom is -0.207 e. The third kappa shape index (κ3) is 4.56. The molecule has 116 valence electrons. The number of benzene rings is 2. The normalized spacial score (nSPS) is 13.5. The average molecular weight is 296 g/mol. The number of hydrogen-bond acceptors (Lipinski definition) is 0. The lowest BCUT2D eigenvalue weighted by molar-refractivity contribution is 0.435. The maximum atomic E-state index is 13.6. The van der Waals surface area contributed by atoms with Gasteiger partial charge in [-0.2, -0.15) is 0 Å². The second kappa shape index (κ2) is 7.40. The van der Waals surface area contributed by atoms with E-state index in [1.807, 2.05) is 18.2 Å². The van der Waals surface area contributed by atoms with Crippen molar-refractivity contribution < 1.29 is 4.39 Å². The van der Waals surface area contributed by atoms with E-state index >= 15 is 0 Å². The Hall–Kier alpha value is -1.89. The summed E-state index contributed by atoms with van der Waals surface area (Å²) < 4.78 is 13.6. The molecule has 1 heteroatoms. The van der Waals surface area contributed by atoms with Crippen molar-refractivity contribution >= 4 is 0 Å². The van der Waals surface area contributed by atoms with E-state index in [4.69, 9.17) is 0 Å². The van der Waals surface area contributed by atoms with E-state index in [0.717, 1.165) is 24.8 Å². The first-order chi connectivity index (χ1) is 10.5. The minimum atomic E-state index is -0.152. The Kier molecular flexibility index (Phi) is 5.54. The van der Waals surface area contributed by atoms with Crippen molar-refractivity contribution in [2.24, 2.45) is 0 Å². The van der Waals surface area contributed by atoms with Gasteiger partial charge in [0.1, 0.15) is 5.82 Å². The highest BCUT2D eigenvalue weighted by molar-refractivity contribution is 5.27. The van der Waals surface area contributed by atoms with Crippen LogP contribution in [0.3, 0.4) is 0 Å². The van der Waals surface area contributed by atoms with Gasteiger partial charge in [0.25, 0.3) is 0 Å². The van der Waals surface area contributed by atoms with Gasteiger partial charge >= 0.3 is 0 Å². The fraction of sp³-hybridized carbons (Fsp3) is 0.333. The minimum absolute atomic E-state index is 0.0464. The van der Waals surface area contributed by atoms with Crippen LogP contribution in [-0.4, -0.2) is 0 Å². The predicted octanol–water partition coefficient (Wildman–Crippen LogP) is 6.07. The van der Waals surface area contributed by atoms with Crippen molar-refractivity contribution in [3.63, 3.8) is 0 Å². The van der Waals surface area contributed by atoms with Crippen LogP contribution in [-0.2, 0) is 11.8 Å². The Balaban J connectivity index is 2.23. The van der Waals surface area contributed by atoms with Crippen LogP contribution in [0.25, 0.3) is 0 Å². The van der Waals surface area contributed by atoms with Crippen LogP contribution in [0.5, 0.6) is 0 Å². The van der Waals surface area contributed by atoms with Gasteiger partial charge in [0.05, 0.1) is 0 Å². The molecule has 0 aliphatic heterocycles. The molecule has 0 saturated heterocycles. The van der Waals surface area contributed by atoms with Crippen molar-refractivity contribution in [2.75, 3.05) is 0 Å². The topological polar surface area (TPSA) is 0 Å². The molecule has 2 aromatic carbocycles. The summed E-state index contributed by atoms with van der Waals surface area (Å²) in [6.45, 7) is 6.47. The average Bonchev–Trinajstić information content (AvgIpc) is 2.52. The highest BCUT2D eigenvalue weighted by Gasteiger charge is 2.25. The van der Waals surface area contributed by atoms with Crippen molar-refractivity contribution in [1.82, 2.24) is 0 Å². The van der Waals surface area contributed by atoms with Gasteiger partial charge < -0.3 is 0 Å². The molecular formula is C21H25F. The lowest BCUT2D eigenvalue weighted by Gasteiger charge is -2.30. The van der Waals surface area contributed by atoms with Crippen LogP contribution in [0.4, 0.5) is 4.39 Å². The van der Waals surface area contributed by atoms with Crippen molar-refractivity contribution in [1.29, 1.82) is 0 Å². The first-order valence-corrected chi connectivity index (χ1v) is 7.93. The molecule has 22 heavy (non-hydrogen) atoms. The van der Waals surface area contributed by atoms with Gasteiger partial charge in [0.15, 0.2) is 0 Å². The quantitative estimate of drug-likeness (QED) is 0.567. The molecule has 0 radical (unpaired) electrons.